The summed E-state index contributed by atoms with van der Waals surface area (Å²) in [5.74, 6) is 0.559. The van der Waals surface area contributed by atoms with Crippen LogP contribution in [-0.4, -0.2) is 18.9 Å². The molecule has 0 amide bonds. The molecule has 1 fully saturated rings. The van der Waals surface area contributed by atoms with Crippen LogP contribution in [0.2, 0.25) is 5.02 Å². The highest BCUT2D eigenvalue weighted by Gasteiger charge is 2.43. The van der Waals surface area contributed by atoms with Crippen molar-refractivity contribution in [3.63, 3.8) is 0 Å². The number of benzene rings is 1. The molecule has 1 aliphatic heterocycles. The molecule has 1 atom stereocenters. The molecule has 2 rings (SSSR count). The fraction of sp³-hybridized carbons (Fsp3) is 0.500. The quantitative estimate of drug-likeness (QED) is 0.837. The summed E-state index contributed by atoms with van der Waals surface area (Å²) in [6.07, 6.45) is 0.913. The highest BCUT2D eigenvalue weighted by Crippen LogP contribution is 2.37. The zero-order chi connectivity index (χ0) is 12.5. The van der Waals surface area contributed by atoms with Crippen LogP contribution in [0.15, 0.2) is 24.3 Å². The number of ketones is 1. The van der Waals surface area contributed by atoms with Gasteiger partial charge < -0.3 is 5.32 Å². The molecule has 0 saturated carbocycles. The standard InChI is InChI=1S/C14H18ClNO/c1-10(2)14(6-7-16-9-14)13(17)11-4-3-5-12(15)8-11/h3-5,8,10,16H,6-7,9H2,1-2H3. The fourth-order valence-electron chi connectivity index (χ4n) is 2.58. The molecule has 1 heterocycles. The van der Waals surface area contributed by atoms with Crippen LogP contribution in [0, 0.1) is 11.3 Å². The van der Waals surface area contributed by atoms with Gasteiger partial charge >= 0.3 is 0 Å². The van der Waals surface area contributed by atoms with Crippen molar-refractivity contribution in [2.75, 3.05) is 13.1 Å². The molecule has 1 aromatic carbocycles. The highest BCUT2D eigenvalue weighted by atomic mass is 35.5. The summed E-state index contributed by atoms with van der Waals surface area (Å²) in [6.45, 7) is 5.94. The zero-order valence-electron chi connectivity index (χ0n) is 10.3. The first kappa shape index (κ1) is 12.6. The van der Waals surface area contributed by atoms with E-state index in [0.717, 1.165) is 25.1 Å². The number of hydrogen-bond acceptors (Lipinski definition) is 2. The van der Waals surface area contributed by atoms with Crippen molar-refractivity contribution in [2.24, 2.45) is 11.3 Å². The van der Waals surface area contributed by atoms with Crippen LogP contribution in [-0.2, 0) is 0 Å². The SMILES string of the molecule is CC(C)C1(C(=O)c2cccc(Cl)c2)CCNC1. The second-order valence-corrected chi connectivity index (χ2v) is 5.51. The van der Waals surface area contributed by atoms with E-state index in [1.807, 2.05) is 12.1 Å². The number of rotatable bonds is 3. The largest absolute Gasteiger partial charge is 0.316 e. The van der Waals surface area contributed by atoms with Gasteiger partial charge in [-0.3, -0.25) is 4.79 Å². The lowest BCUT2D eigenvalue weighted by atomic mass is 9.71. The van der Waals surface area contributed by atoms with E-state index in [-0.39, 0.29) is 11.2 Å². The molecule has 1 aromatic rings. The minimum Gasteiger partial charge on any atom is -0.316 e. The molecule has 0 aromatic heterocycles. The Morgan fingerprint density at radius 3 is 2.76 bits per heavy atom. The molecule has 2 nitrogen and oxygen atoms in total. The molecule has 3 heteroatoms. The summed E-state index contributed by atoms with van der Waals surface area (Å²) in [7, 11) is 0. The van der Waals surface area contributed by atoms with E-state index >= 15 is 0 Å². The summed E-state index contributed by atoms with van der Waals surface area (Å²) in [5.41, 5.74) is 0.472. The molecule has 0 aliphatic carbocycles. The summed E-state index contributed by atoms with van der Waals surface area (Å²) in [4.78, 5) is 12.7. The van der Waals surface area contributed by atoms with Crippen molar-refractivity contribution >= 4 is 17.4 Å². The van der Waals surface area contributed by atoms with E-state index < -0.39 is 0 Å². The molecule has 1 unspecified atom stereocenters. The molecule has 0 spiro atoms. The Morgan fingerprint density at radius 2 is 2.24 bits per heavy atom. The maximum Gasteiger partial charge on any atom is 0.170 e. The van der Waals surface area contributed by atoms with Crippen molar-refractivity contribution in [1.29, 1.82) is 0 Å². The Labute approximate surface area is 107 Å². The van der Waals surface area contributed by atoms with Crippen LogP contribution in [0.3, 0.4) is 0 Å². The highest BCUT2D eigenvalue weighted by molar-refractivity contribution is 6.31. The zero-order valence-corrected chi connectivity index (χ0v) is 11.1. The Morgan fingerprint density at radius 1 is 1.47 bits per heavy atom. The van der Waals surface area contributed by atoms with Crippen molar-refractivity contribution < 1.29 is 4.79 Å². The lowest BCUT2D eigenvalue weighted by molar-refractivity contribution is 0.0740. The van der Waals surface area contributed by atoms with Crippen LogP contribution in [0.4, 0.5) is 0 Å². The summed E-state index contributed by atoms with van der Waals surface area (Å²) < 4.78 is 0. The molecular formula is C14H18ClNO. The van der Waals surface area contributed by atoms with Gasteiger partial charge in [-0.25, -0.2) is 0 Å². The number of hydrogen-bond donors (Lipinski definition) is 1. The fourth-order valence-corrected chi connectivity index (χ4v) is 2.77. The van der Waals surface area contributed by atoms with E-state index in [4.69, 9.17) is 11.6 Å². The minimum atomic E-state index is -0.259. The summed E-state index contributed by atoms with van der Waals surface area (Å²) >= 11 is 5.95. The topological polar surface area (TPSA) is 29.1 Å². The number of carbonyl (C=O) groups excluding carboxylic acids is 1. The van der Waals surface area contributed by atoms with Crippen LogP contribution in [0.5, 0.6) is 0 Å². The third-order valence-electron chi connectivity index (χ3n) is 3.83. The smallest absolute Gasteiger partial charge is 0.170 e. The first-order chi connectivity index (χ1) is 8.06. The van der Waals surface area contributed by atoms with Crippen molar-refractivity contribution in [1.82, 2.24) is 5.32 Å². The maximum atomic E-state index is 12.7. The molecular weight excluding hydrogens is 234 g/mol. The Hall–Kier alpha value is -0.860. The van der Waals surface area contributed by atoms with Crippen LogP contribution >= 0.6 is 11.6 Å². The van der Waals surface area contributed by atoms with Gasteiger partial charge in [-0.1, -0.05) is 37.6 Å². The summed E-state index contributed by atoms with van der Waals surface area (Å²) in [5, 5.41) is 3.93. The molecule has 1 aliphatic rings. The van der Waals surface area contributed by atoms with Crippen LogP contribution < -0.4 is 5.32 Å². The average Bonchev–Trinajstić information content (AvgIpc) is 2.78. The Balaban J connectivity index is 2.35. The van der Waals surface area contributed by atoms with Gasteiger partial charge in [0, 0.05) is 22.5 Å². The normalized spacial score (nSPS) is 24.2. The van der Waals surface area contributed by atoms with Crippen LogP contribution in [0.1, 0.15) is 30.6 Å². The van der Waals surface area contributed by atoms with Crippen molar-refractivity contribution in [2.45, 2.75) is 20.3 Å². The van der Waals surface area contributed by atoms with Crippen LogP contribution in [0.25, 0.3) is 0 Å². The Kier molecular flexibility index (Phi) is 3.55. The third kappa shape index (κ3) is 2.24. The predicted molar refractivity (Wildman–Crippen MR) is 70.5 cm³/mol. The first-order valence-corrected chi connectivity index (χ1v) is 6.45. The molecule has 0 radical (unpaired) electrons. The second kappa shape index (κ2) is 4.79. The number of nitrogens with one attached hydrogen (secondary N) is 1. The molecule has 0 bridgehead atoms. The van der Waals surface area contributed by atoms with Crippen molar-refractivity contribution in [3.05, 3.63) is 34.9 Å². The van der Waals surface area contributed by atoms with E-state index in [1.54, 1.807) is 12.1 Å². The molecule has 92 valence electrons. The average molecular weight is 252 g/mol. The van der Waals surface area contributed by atoms with Gasteiger partial charge in [0.2, 0.25) is 0 Å². The predicted octanol–water partition coefficient (Wildman–Crippen LogP) is 3.16. The van der Waals surface area contributed by atoms with Gasteiger partial charge in [0.1, 0.15) is 0 Å². The van der Waals surface area contributed by atoms with Crippen molar-refractivity contribution in [3.8, 4) is 0 Å². The lowest BCUT2D eigenvalue weighted by Gasteiger charge is -2.31. The summed E-state index contributed by atoms with van der Waals surface area (Å²) in [6, 6.07) is 7.27. The lowest BCUT2D eigenvalue weighted by Crippen LogP contribution is -2.38. The van der Waals surface area contributed by atoms with Gasteiger partial charge in [-0.2, -0.15) is 0 Å². The first-order valence-electron chi connectivity index (χ1n) is 6.07. The van der Waals surface area contributed by atoms with Gasteiger partial charge in [0.25, 0.3) is 0 Å². The van der Waals surface area contributed by atoms with E-state index in [1.165, 1.54) is 0 Å². The number of carbonyl (C=O) groups is 1. The van der Waals surface area contributed by atoms with E-state index in [0.29, 0.717) is 10.9 Å². The van der Waals surface area contributed by atoms with E-state index in [2.05, 4.69) is 19.2 Å². The van der Waals surface area contributed by atoms with E-state index in [9.17, 15) is 4.79 Å². The maximum absolute atomic E-state index is 12.7. The minimum absolute atomic E-state index is 0.222. The molecule has 1 N–H and O–H groups in total. The number of Topliss-reactive ketones (excluding diaryl/α,β-unsaturated/α-hetero) is 1. The van der Waals surface area contributed by atoms with Gasteiger partial charge in [0.05, 0.1) is 0 Å². The van der Waals surface area contributed by atoms with Gasteiger partial charge in [-0.15, -0.1) is 0 Å². The number of halogens is 1. The third-order valence-corrected chi connectivity index (χ3v) is 4.07. The molecule has 17 heavy (non-hydrogen) atoms. The monoisotopic (exact) mass is 251 g/mol. The molecule has 1 saturated heterocycles. The van der Waals surface area contributed by atoms with Gasteiger partial charge in [0.15, 0.2) is 5.78 Å². The Bertz CT molecular complexity index is 422. The second-order valence-electron chi connectivity index (χ2n) is 5.08. The van der Waals surface area contributed by atoms with Gasteiger partial charge in [-0.05, 0) is 31.0 Å².